The predicted octanol–water partition coefficient (Wildman–Crippen LogP) is 1.43. The van der Waals surface area contributed by atoms with E-state index < -0.39 is 23.2 Å². The topological polar surface area (TPSA) is 0 Å². The molecule has 0 saturated carbocycles. The third kappa shape index (κ3) is 2.68. The molecule has 0 aromatic carbocycles. The number of hydrogen-bond acceptors (Lipinski definition) is 0. The Kier molecular flexibility index (Phi) is 5.01. The summed E-state index contributed by atoms with van der Waals surface area (Å²) in [7, 11) is 0. The first-order valence-electron chi connectivity index (χ1n) is 5.60. The fourth-order valence-corrected chi connectivity index (χ4v) is 5.87. The molecule has 2 aliphatic rings. The molecule has 0 atom stereocenters. The van der Waals surface area contributed by atoms with E-state index in [1.54, 1.807) is 28.9 Å². The molecule has 0 bridgehead atoms. The van der Waals surface area contributed by atoms with Crippen LogP contribution in [0.5, 0.6) is 0 Å². The number of hydrogen-bond donors (Lipinski definition) is 0. The average Bonchev–Trinajstić information content (AvgIpc) is 2.67. The summed E-state index contributed by atoms with van der Waals surface area (Å²) in [6.07, 6.45) is 7.21. The third-order valence-electron chi connectivity index (χ3n) is 3.32. The van der Waals surface area contributed by atoms with Gasteiger partial charge in [-0.1, -0.05) is 0 Å². The molecule has 0 spiro atoms. The van der Waals surface area contributed by atoms with Gasteiger partial charge in [-0.3, -0.25) is 0 Å². The van der Waals surface area contributed by atoms with E-state index in [0.29, 0.717) is 0 Å². The Morgan fingerprint density at radius 2 is 1.25 bits per heavy atom. The Labute approximate surface area is 118 Å². The predicted molar refractivity (Wildman–Crippen MR) is 63.3 cm³/mol. The second-order valence-corrected chi connectivity index (χ2v) is 7.69. The summed E-state index contributed by atoms with van der Waals surface area (Å²) in [5.74, 6) is 0. The van der Waals surface area contributed by atoms with Gasteiger partial charge in [0.25, 0.3) is 0 Å². The summed E-state index contributed by atoms with van der Waals surface area (Å²) in [4.78, 5) is 0. The van der Waals surface area contributed by atoms with E-state index in [0.717, 1.165) is 0 Å². The van der Waals surface area contributed by atoms with Crippen molar-refractivity contribution in [1.82, 2.24) is 0 Å². The molecular weight excluding hydrogens is 295 g/mol. The van der Waals surface area contributed by atoms with E-state index in [-0.39, 0.29) is 13.8 Å². The van der Waals surface area contributed by atoms with Gasteiger partial charge in [0.05, 0.1) is 0 Å². The van der Waals surface area contributed by atoms with Gasteiger partial charge in [0.15, 0.2) is 0 Å². The summed E-state index contributed by atoms with van der Waals surface area (Å²) in [5.41, 5.74) is 6.41. The Balaban J connectivity index is 0.00000128. The molecule has 86 valence electrons. The summed E-state index contributed by atoms with van der Waals surface area (Å²) in [6.45, 7) is 9.20. The van der Waals surface area contributed by atoms with Crippen LogP contribution in [0, 0.1) is 0 Å². The van der Waals surface area contributed by atoms with Crippen molar-refractivity contribution in [3.05, 3.63) is 41.0 Å². The number of allylic oxidation sites excluding steroid dienone is 8. The largest absolute Gasteiger partial charge is 1.00 e. The van der Waals surface area contributed by atoms with E-state index in [1.807, 2.05) is 0 Å². The van der Waals surface area contributed by atoms with Crippen LogP contribution < -0.4 is 12.4 Å². The van der Waals surface area contributed by atoms with Gasteiger partial charge < -0.3 is 13.8 Å². The maximum Gasteiger partial charge on any atom is -1.00 e. The van der Waals surface area contributed by atoms with Crippen molar-refractivity contribution in [1.29, 1.82) is 0 Å². The smallest absolute Gasteiger partial charge is 1.00 e. The summed E-state index contributed by atoms with van der Waals surface area (Å²) >= 11 is -0.507. The van der Waals surface area contributed by atoms with Crippen LogP contribution in [0.3, 0.4) is 0 Å². The van der Waals surface area contributed by atoms with Gasteiger partial charge in [-0.15, -0.1) is 0 Å². The Morgan fingerprint density at radius 3 is 1.50 bits per heavy atom. The molecule has 0 unspecified atom stereocenters. The van der Waals surface area contributed by atoms with Crippen LogP contribution in [0.2, 0.25) is 0 Å². The molecule has 0 aromatic heterocycles. The van der Waals surface area contributed by atoms with Crippen molar-refractivity contribution >= 4 is 0 Å². The van der Waals surface area contributed by atoms with Crippen LogP contribution in [0.15, 0.2) is 41.0 Å². The molecular formula is C14H19ClZr. The zero-order valence-corrected chi connectivity index (χ0v) is 13.7. The summed E-state index contributed by atoms with van der Waals surface area (Å²) in [6, 6.07) is 0. The van der Waals surface area contributed by atoms with Gasteiger partial charge >= 0.3 is 105 Å². The first-order valence-corrected chi connectivity index (χ1v) is 8.06. The Hall–Kier alpha value is 0.133. The molecule has 0 saturated heterocycles. The Bertz CT molecular complexity index is 388. The van der Waals surface area contributed by atoms with E-state index in [1.165, 1.54) is 12.8 Å². The molecule has 0 aliphatic heterocycles. The molecule has 0 heterocycles. The molecule has 0 fully saturated rings. The van der Waals surface area contributed by atoms with Crippen LogP contribution in [0.1, 0.15) is 42.0 Å². The van der Waals surface area contributed by atoms with Gasteiger partial charge in [0, 0.05) is 0 Å². The molecule has 0 amide bonds. The summed E-state index contributed by atoms with van der Waals surface area (Å²) in [5, 5.41) is 0. The maximum absolute atomic E-state index is 2.40. The number of rotatable bonds is 2. The maximum atomic E-state index is 2.40. The van der Waals surface area contributed by atoms with Crippen LogP contribution in [0.25, 0.3) is 0 Å². The van der Waals surface area contributed by atoms with Crippen molar-refractivity contribution in [2.24, 2.45) is 0 Å². The van der Waals surface area contributed by atoms with Gasteiger partial charge in [0.1, 0.15) is 0 Å². The van der Waals surface area contributed by atoms with E-state index in [2.05, 4.69) is 39.8 Å². The molecule has 0 radical (unpaired) electrons. The third-order valence-corrected chi connectivity index (χ3v) is 8.59. The first-order chi connectivity index (χ1) is 7.09. The monoisotopic (exact) mass is 312 g/mol. The summed E-state index contributed by atoms with van der Waals surface area (Å²) < 4.78 is 3.50. The minimum absolute atomic E-state index is 0. The fraction of sp³-hybridized carbons (Fsp3) is 0.429. The quantitative estimate of drug-likeness (QED) is 0.723. The van der Waals surface area contributed by atoms with Crippen LogP contribution in [0.4, 0.5) is 0 Å². The van der Waals surface area contributed by atoms with Crippen LogP contribution in [-0.4, -0.2) is 0 Å². The normalized spacial score (nSPS) is 19.5. The Morgan fingerprint density at radius 1 is 0.875 bits per heavy atom. The zero-order valence-electron chi connectivity index (χ0n) is 11.4. The van der Waals surface area contributed by atoms with E-state index >= 15 is 0 Å². The SMILES string of the molecule is CC1=CCC(C)=[C]1[Zr+2][C]1=C(C)CC=C1C.[Cl-].[H-]. The van der Waals surface area contributed by atoms with Gasteiger partial charge in [-0.25, -0.2) is 0 Å². The number of halogens is 1. The second kappa shape index (κ2) is 5.65. The van der Waals surface area contributed by atoms with Gasteiger partial charge in [-0.2, -0.15) is 0 Å². The standard InChI is InChI=1S/2C7H9.ClH.Zr.H/c2*1-6-3-4-7(2)5-6;;;/h2*3H,4H2,1-2H3;1H;;/q;;;+2;-1/p-1. The van der Waals surface area contributed by atoms with E-state index in [4.69, 9.17) is 0 Å². The van der Waals surface area contributed by atoms with Crippen LogP contribution >= 0.6 is 0 Å². The van der Waals surface area contributed by atoms with Gasteiger partial charge in [0.2, 0.25) is 0 Å². The molecule has 0 aromatic rings. The molecule has 16 heavy (non-hydrogen) atoms. The second-order valence-electron chi connectivity index (χ2n) is 4.62. The molecule has 0 N–H and O–H groups in total. The molecule has 2 aliphatic carbocycles. The van der Waals surface area contributed by atoms with Crippen molar-refractivity contribution in [3.63, 3.8) is 0 Å². The zero-order chi connectivity index (χ0) is 11.0. The molecule has 2 heteroatoms. The minimum atomic E-state index is -0.507. The minimum Gasteiger partial charge on any atom is -1.00 e. The average molecular weight is 314 g/mol. The van der Waals surface area contributed by atoms with Crippen molar-refractivity contribution in [2.45, 2.75) is 40.5 Å². The van der Waals surface area contributed by atoms with Crippen molar-refractivity contribution < 1.29 is 37.1 Å². The van der Waals surface area contributed by atoms with Crippen LogP contribution in [-0.2, 0) is 23.2 Å². The van der Waals surface area contributed by atoms with Gasteiger partial charge in [-0.05, 0) is 0 Å². The first kappa shape index (κ1) is 14.2. The van der Waals surface area contributed by atoms with Crippen molar-refractivity contribution in [3.8, 4) is 0 Å². The molecule has 2 rings (SSSR count). The van der Waals surface area contributed by atoms with E-state index in [9.17, 15) is 0 Å². The van der Waals surface area contributed by atoms with Crippen molar-refractivity contribution in [2.75, 3.05) is 0 Å². The fourth-order valence-electron chi connectivity index (χ4n) is 2.23. The molecule has 0 nitrogen and oxygen atoms in total.